The number of aromatic hydroxyl groups is 1. The highest BCUT2D eigenvalue weighted by Crippen LogP contribution is 2.33. The number of hydrogen-bond acceptors (Lipinski definition) is 4. The summed E-state index contributed by atoms with van der Waals surface area (Å²) >= 11 is 0. The van der Waals surface area contributed by atoms with Gasteiger partial charge in [0.15, 0.2) is 0 Å². The predicted molar refractivity (Wildman–Crippen MR) is 106 cm³/mol. The van der Waals surface area contributed by atoms with Crippen LogP contribution in [0.1, 0.15) is 26.3 Å². The van der Waals surface area contributed by atoms with Gasteiger partial charge in [-0.25, -0.2) is 4.79 Å². The fraction of sp³-hybridized carbons (Fsp3) is 0. The van der Waals surface area contributed by atoms with E-state index in [1.807, 2.05) is 0 Å². The smallest absolute Gasteiger partial charge is 0.336 e. The van der Waals surface area contributed by atoms with Crippen molar-refractivity contribution in [1.82, 2.24) is 0 Å². The van der Waals surface area contributed by atoms with Crippen LogP contribution in [-0.4, -0.2) is 27.9 Å². The number of rotatable bonds is 5. The average Bonchev–Trinajstić information content (AvgIpc) is 2.68. The standard InChI is InChI=1S/C21H17N3O4/c22-19(23)12-8-10-13(11-9-12)24-20(26)18-15(6-3-7-17(18)25)14-4-1-2-5-16(14)21(27)28/h1-11,25H,(H3,22,23)(H,24,26)(H,27,28). The summed E-state index contributed by atoms with van der Waals surface area (Å²) in [7, 11) is 0. The molecule has 6 N–H and O–H groups in total. The molecule has 3 aromatic rings. The fourth-order valence-corrected chi connectivity index (χ4v) is 2.83. The lowest BCUT2D eigenvalue weighted by Crippen LogP contribution is -2.15. The Morgan fingerprint density at radius 1 is 0.893 bits per heavy atom. The van der Waals surface area contributed by atoms with Crippen LogP contribution in [0, 0.1) is 5.41 Å². The SMILES string of the molecule is N=C(N)c1ccc(NC(=O)c2c(O)cccc2-c2ccccc2C(=O)O)cc1. The van der Waals surface area contributed by atoms with Crippen molar-refractivity contribution in [2.24, 2.45) is 5.73 Å². The number of carboxylic acids is 1. The quantitative estimate of drug-likeness (QED) is 0.344. The van der Waals surface area contributed by atoms with E-state index in [-0.39, 0.29) is 22.7 Å². The van der Waals surface area contributed by atoms with Crippen molar-refractivity contribution in [3.63, 3.8) is 0 Å². The molecule has 0 radical (unpaired) electrons. The van der Waals surface area contributed by atoms with Crippen LogP contribution in [0.4, 0.5) is 5.69 Å². The van der Waals surface area contributed by atoms with Crippen molar-refractivity contribution in [2.75, 3.05) is 5.32 Å². The molecule has 0 heterocycles. The second-order valence-electron chi connectivity index (χ2n) is 6.00. The van der Waals surface area contributed by atoms with E-state index in [0.717, 1.165) is 0 Å². The van der Waals surface area contributed by atoms with Gasteiger partial charge in [0.1, 0.15) is 11.6 Å². The molecule has 7 heteroatoms. The highest BCUT2D eigenvalue weighted by atomic mass is 16.4. The average molecular weight is 375 g/mol. The number of anilines is 1. The Hall–Kier alpha value is -4.13. The molecule has 0 spiro atoms. The molecule has 0 aliphatic heterocycles. The van der Waals surface area contributed by atoms with Crippen LogP contribution in [-0.2, 0) is 0 Å². The van der Waals surface area contributed by atoms with Gasteiger partial charge in [-0.2, -0.15) is 0 Å². The third-order valence-electron chi connectivity index (χ3n) is 4.17. The third kappa shape index (κ3) is 3.68. The first-order valence-corrected chi connectivity index (χ1v) is 8.29. The Balaban J connectivity index is 2.02. The van der Waals surface area contributed by atoms with Crippen molar-refractivity contribution in [1.29, 1.82) is 5.41 Å². The predicted octanol–water partition coefficient (Wildman–Crippen LogP) is 3.29. The summed E-state index contributed by atoms with van der Waals surface area (Å²) in [6, 6.07) is 17.1. The molecule has 140 valence electrons. The van der Waals surface area contributed by atoms with Crippen molar-refractivity contribution in [2.45, 2.75) is 0 Å². The Morgan fingerprint density at radius 3 is 2.18 bits per heavy atom. The maximum atomic E-state index is 12.8. The van der Waals surface area contributed by atoms with E-state index in [1.165, 1.54) is 12.1 Å². The van der Waals surface area contributed by atoms with E-state index in [2.05, 4.69) is 5.32 Å². The molecule has 1 amide bonds. The molecule has 0 unspecified atom stereocenters. The van der Waals surface area contributed by atoms with Gasteiger partial charge in [-0.1, -0.05) is 30.3 Å². The van der Waals surface area contributed by atoms with Gasteiger partial charge in [-0.3, -0.25) is 10.2 Å². The van der Waals surface area contributed by atoms with Gasteiger partial charge in [0, 0.05) is 11.3 Å². The summed E-state index contributed by atoms with van der Waals surface area (Å²) in [5, 5.41) is 29.8. The lowest BCUT2D eigenvalue weighted by molar-refractivity contribution is 0.0697. The van der Waals surface area contributed by atoms with Crippen molar-refractivity contribution < 1.29 is 19.8 Å². The minimum absolute atomic E-state index is 0.0213. The van der Waals surface area contributed by atoms with Gasteiger partial charge in [-0.15, -0.1) is 0 Å². The summed E-state index contributed by atoms with van der Waals surface area (Å²) in [4.78, 5) is 24.4. The number of phenolic OH excluding ortho intramolecular Hbond substituents is 1. The summed E-state index contributed by atoms with van der Waals surface area (Å²) in [6.07, 6.45) is 0. The number of carbonyl (C=O) groups is 2. The summed E-state index contributed by atoms with van der Waals surface area (Å²) < 4.78 is 0. The molecular weight excluding hydrogens is 358 g/mol. The molecule has 0 saturated carbocycles. The van der Waals surface area contributed by atoms with Gasteiger partial charge in [0.05, 0.1) is 11.1 Å². The normalized spacial score (nSPS) is 10.3. The Morgan fingerprint density at radius 2 is 1.54 bits per heavy atom. The molecule has 3 rings (SSSR count). The maximum absolute atomic E-state index is 12.8. The second-order valence-corrected chi connectivity index (χ2v) is 6.00. The number of benzene rings is 3. The Kier molecular flexibility index (Phi) is 5.08. The molecule has 0 atom stereocenters. The van der Waals surface area contributed by atoms with E-state index in [4.69, 9.17) is 11.1 Å². The number of carboxylic acid groups (broad SMARTS) is 1. The number of phenols is 1. The fourth-order valence-electron chi connectivity index (χ4n) is 2.83. The number of nitrogen functional groups attached to an aromatic ring is 1. The zero-order chi connectivity index (χ0) is 20.3. The highest BCUT2D eigenvalue weighted by Gasteiger charge is 2.21. The molecule has 28 heavy (non-hydrogen) atoms. The Labute approximate surface area is 160 Å². The number of carbonyl (C=O) groups excluding carboxylic acids is 1. The van der Waals surface area contributed by atoms with Crippen LogP contribution >= 0.6 is 0 Å². The van der Waals surface area contributed by atoms with Crippen LogP contribution in [0.15, 0.2) is 66.7 Å². The highest BCUT2D eigenvalue weighted by molar-refractivity contribution is 6.12. The van der Waals surface area contributed by atoms with E-state index in [9.17, 15) is 19.8 Å². The lowest BCUT2D eigenvalue weighted by atomic mass is 9.94. The van der Waals surface area contributed by atoms with Crippen LogP contribution in [0.2, 0.25) is 0 Å². The van der Waals surface area contributed by atoms with E-state index in [0.29, 0.717) is 22.4 Å². The zero-order valence-electron chi connectivity index (χ0n) is 14.6. The van der Waals surface area contributed by atoms with Gasteiger partial charge >= 0.3 is 5.97 Å². The summed E-state index contributed by atoms with van der Waals surface area (Å²) in [5.74, 6) is -2.09. The second kappa shape index (κ2) is 7.63. The molecule has 0 bridgehead atoms. The number of amidine groups is 1. The molecule has 7 nitrogen and oxygen atoms in total. The van der Waals surface area contributed by atoms with Crippen LogP contribution in [0.25, 0.3) is 11.1 Å². The van der Waals surface area contributed by atoms with E-state index >= 15 is 0 Å². The first-order chi connectivity index (χ1) is 13.4. The number of amides is 1. The minimum Gasteiger partial charge on any atom is -0.507 e. The summed E-state index contributed by atoms with van der Waals surface area (Å²) in [6.45, 7) is 0. The first kappa shape index (κ1) is 18.7. The number of aromatic carboxylic acids is 1. The van der Waals surface area contributed by atoms with E-state index < -0.39 is 11.9 Å². The van der Waals surface area contributed by atoms with Gasteiger partial charge in [0.25, 0.3) is 5.91 Å². The topological polar surface area (TPSA) is 136 Å². The monoisotopic (exact) mass is 375 g/mol. The van der Waals surface area contributed by atoms with Crippen molar-refractivity contribution in [3.8, 4) is 16.9 Å². The number of nitrogens with two attached hydrogens (primary N) is 1. The first-order valence-electron chi connectivity index (χ1n) is 8.29. The van der Waals surface area contributed by atoms with Crippen LogP contribution in [0.5, 0.6) is 5.75 Å². The van der Waals surface area contributed by atoms with Crippen LogP contribution in [0.3, 0.4) is 0 Å². The van der Waals surface area contributed by atoms with Gasteiger partial charge in [0.2, 0.25) is 0 Å². The molecule has 3 aromatic carbocycles. The molecule has 0 aliphatic rings. The molecule has 0 fully saturated rings. The van der Waals surface area contributed by atoms with Gasteiger partial charge < -0.3 is 21.3 Å². The van der Waals surface area contributed by atoms with Gasteiger partial charge in [-0.05, 0) is 47.5 Å². The molecule has 0 aromatic heterocycles. The largest absolute Gasteiger partial charge is 0.507 e. The molecular formula is C21H17N3O4. The van der Waals surface area contributed by atoms with Crippen LogP contribution < -0.4 is 11.1 Å². The molecule has 0 aliphatic carbocycles. The Bertz CT molecular complexity index is 1080. The lowest BCUT2D eigenvalue weighted by Gasteiger charge is -2.14. The maximum Gasteiger partial charge on any atom is 0.336 e. The zero-order valence-corrected chi connectivity index (χ0v) is 14.6. The number of hydrogen-bond donors (Lipinski definition) is 5. The van der Waals surface area contributed by atoms with Crippen molar-refractivity contribution in [3.05, 3.63) is 83.4 Å². The minimum atomic E-state index is -1.13. The molecule has 0 saturated heterocycles. The third-order valence-corrected chi connectivity index (χ3v) is 4.17. The van der Waals surface area contributed by atoms with Crippen molar-refractivity contribution >= 4 is 23.4 Å². The summed E-state index contributed by atoms with van der Waals surface area (Å²) in [5.41, 5.74) is 6.97. The number of nitrogens with one attached hydrogen (secondary N) is 2. The van der Waals surface area contributed by atoms with E-state index in [1.54, 1.807) is 54.6 Å².